The molecular weight excluding hydrogens is 464 g/mol. The highest BCUT2D eigenvalue weighted by Gasteiger charge is 2.59. The molecule has 0 aliphatic carbocycles. The normalized spacial score (nSPS) is 14.2. The van der Waals surface area contributed by atoms with E-state index in [4.69, 9.17) is 22.8 Å². The molecule has 0 aliphatic rings. The third-order valence-electron chi connectivity index (χ3n) is 4.12. The first-order valence-electron chi connectivity index (χ1n) is 10.2. The summed E-state index contributed by atoms with van der Waals surface area (Å²) in [6.45, 7) is 8.05. The Morgan fingerprint density at radius 3 is 1.77 bits per heavy atom. The third-order valence-corrected chi connectivity index (χ3v) is 11.2. The Bertz CT molecular complexity index is 760. The highest BCUT2D eigenvalue weighted by atomic mass is 32.1. The summed E-state index contributed by atoms with van der Waals surface area (Å²) in [5.41, 5.74) is 0. The first kappa shape index (κ1) is 28.0. The zero-order chi connectivity index (χ0) is 23.5. The minimum atomic E-state index is -4.20. The number of rotatable bonds is 15. The van der Waals surface area contributed by atoms with E-state index in [1.54, 1.807) is 52.1 Å². The number of hydrogen-bond donors (Lipinski definition) is 0. The molecule has 2 atom stereocenters. The largest absolute Gasteiger partial charge is 0.465 e. The molecule has 0 fully saturated rings. The number of carbonyl (C=O) groups excluding carboxylic acids is 1. The number of thiophene rings is 1. The van der Waals surface area contributed by atoms with Crippen LogP contribution in [0.1, 0.15) is 45.4 Å². The van der Waals surface area contributed by atoms with Crippen molar-refractivity contribution in [3.05, 3.63) is 22.4 Å². The molecule has 12 heteroatoms. The molecule has 176 valence electrons. The molecule has 0 saturated heterocycles. The van der Waals surface area contributed by atoms with E-state index in [9.17, 15) is 19.2 Å². The van der Waals surface area contributed by atoms with Crippen molar-refractivity contribution in [1.82, 2.24) is 0 Å². The summed E-state index contributed by atoms with van der Waals surface area (Å²) in [6, 6.07) is 5.31. The predicted molar refractivity (Wildman–Crippen MR) is 118 cm³/mol. The second kappa shape index (κ2) is 13.5. The standard InChI is InChI=1S/C19H31NO8P2S/c1-6-24-18(21)15(14-20)17(16-12-11-13-31-16)19(29(22,25-7-2)26-8-3)30(23,27-9-4)28-10-5/h11-13,15,17,19H,6-10H2,1-5H3. The van der Waals surface area contributed by atoms with Crippen molar-refractivity contribution in [1.29, 1.82) is 5.26 Å². The number of nitrogens with zero attached hydrogens (tertiary/aromatic N) is 1. The third kappa shape index (κ3) is 6.97. The SMILES string of the molecule is CCOC(=O)C(C#N)C(c1cccs1)C(P(=O)(OCC)OCC)P(=O)(OCC)OCC. The zero-order valence-electron chi connectivity index (χ0n) is 18.5. The fourth-order valence-electron chi connectivity index (χ4n) is 3.14. The van der Waals surface area contributed by atoms with Crippen LogP contribution in [0.2, 0.25) is 0 Å². The monoisotopic (exact) mass is 495 g/mol. The zero-order valence-corrected chi connectivity index (χ0v) is 21.1. The molecule has 1 heterocycles. The molecule has 0 spiro atoms. The first-order chi connectivity index (χ1) is 14.8. The molecule has 0 bridgehead atoms. The van der Waals surface area contributed by atoms with Crippen molar-refractivity contribution in [2.45, 2.75) is 45.9 Å². The van der Waals surface area contributed by atoms with Gasteiger partial charge in [-0.1, -0.05) is 6.07 Å². The van der Waals surface area contributed by atoms with Crippen LogP contribution in [0, 0.1) is 17.2 Å². The van der Waals surface area contributed by atoms with Gasteiger partial charge in [-0.25, -0.2) is 0 Å². The Balaban J connectivity index is 3.87. The van der Waals surface area contributed by atoms with E-state index >= 15 is 0 Å². The van der Waals surface area contributed by atoms with E-state index in [0.717, 1.165) is 0 Å². The van der Waals surface area contributed by atoms with E-state index in [0.29, 0.717) is 4.88 Å². The lowest BCUT2D eigenvalue weighted by Gasteiger charge is -2.36. The van der Waals surface area contributed by atoms with Crippen molar-refractivity contribution in [2.75, 3.05) is 33.0 Å². The van der Waals surface area contributed by atoms with E-state index < -0.39 is 38.4 Å². The van der Waals surface area contributed by atoms with Gasteiger partial charge in [0.25, 0.3) is 0 Å². The summed E-state index contributed by atoms with van der Waals surface area (Å²) in [7, 11) is -8.40. The van der Waals surface area contributed by atoms with Gasteiger partial charge in [0, 0.05) is 10.8 Å². The predicted octanol–water partition coefficient (Wildman–Crippen LogP) is 5.39. The summed E-state index contributed by atoms with van der Waals surface area (Å²) in [5.74, 6) is -3.43. The molecule has 1 aromatic heterocycles. The topological polar surface area (TPSA) is 121 Å². The van der Waals surface area contributed by atoms with Crippen LogP contribution >= 0.6 is 26.5 Å². The second-order valence-corrected chi connectivity index (χ2v) is 11.8. The quantitative estimate of drug-likeness (QED) is 0.233. The summed E-state index contributed by atoms with van der Waals surface area (Å²) < 4.78 is 55.2. The van der Waals surface area contributed by atoms with Crippen LogP contribution in [0.15, 0.2) is 17.5 Å². The van der Waals surface area contributed by atoms with Crippen molar-refractivity contribution in [3.63, 3.8) is 0 Å². The van der Waals surface area contributed by atoms with Crippen LogP contribution in [0.4, 0.5) is 0 Å². The number of hydrogen-bond acceptors (Lipinski definition) is 10. The highest BCUT2D eigenvalue weighted by Crippen LogP contribution is 2.75. The average Bonchev–Trinajstić information content (AvgIpc) is 3.23. The van der Waals surface area contributed by atoms with Crippen LogP contribution in [-0.2, 0) is 36.8 Å². The molecule has 31 heavy (non-hydrogen) atoms. The molecule has 0 saturated carbocycles. The summed E-state index contributed by atoms with van der Waals surface area (Å²) in [5, 5.41) is 10.1. The van der Waals surface area contributed by atoms with Gasteiger partial charge in [-0.2, -0.15) is 5.26 Å². The van der Waals surface area contributed by atoms with Gasteiger partial charge in [0.2, 0.25) is 0 Å². The van der Waals surface area contributed by atoms with E-state index in [1.165, 1.54) is 11.3 Å². The Morgan fingerprint density at radius 1 is 0.968 bits per heavy atom. The highest BCUT2D eigenvalue weighted by molar-refractivity contribution is 7.72. The maximum atomic E-state index is 14.0. The Kier molecular flexibility index (Phi) is 12.2. The maximum Gasteiger partial charge on any atom is 0.346 e. The van der Waals surface area contributed by atoms with E-state index in [1.807, 2.05) is 6.07 Å². The lowest BCUT2D eigenvalue weighted by atomic mass is 9.93. The Morgan fingerprint density at radius 2 is 1.45 bits per heavy atom. The van der Waals surface area contributed by atoms with E-state index in [2.05, 4.69) is 0 Å². The minimum Gasteiger partial charge on any atom is -0.465 e. The van der Waals surface area contributed by atoms with Crippen molar-refractivity contribution in [2.24, 2.45) is 5.92 Å². The van der Waals surface area contributed by atoms with Gasteiger partial charge in [-0.3, -0.25) is 13.9 Å². The molecule has 0 aliphatic heterocycles. The van der Waals surface area contributed by atoms with Crippen LogP contribution in [-0.4, -0.2) is 44.4 Å². The summed E-state index contributed by atoms with van der Waals surface area (Å²) in [6.07, 6.45) is 0. The molecule has 1 aromatic rings. The number of carbonyl (C=O) groups is 1. The van der Waals surface area contributed by atoms with Crippen LogP contribution in [0.3, 0.4) is 0 Å². The molecule has 0 radical (unpaired) electrons. The number of nitriles is 1. The molecule has 1 rings (SSSR count). The van der Waals surface area contributed by atoms with Gasteiger partial charge in [0.15, 0.2) is 11.3 Å². The smallest absolute Gasteiger partial charge is 0.346 e. The van der Waals surface area contributed by atoms with Gasteiger partial charge in [-0.15, -0.1) is 11.3 Å². The Labute approximate surface area is 188 Å². The van der Waals surface area contributed by atoms with Crippen molar-refractivity contribution >= 4 is 32.5 Å². The fraction of sp³-hybridized carbons (Fsp3) is 0.684. The van der Waals surface area contributed by atoms with Crippen molar-refractivity contribution < 1.29 is 36.8 Å². The Hall–Kier alpha value is -1.04. The minimum absolute atomic E-state index is 0.0141. The molecule has 0 aromatic carbocycles. The fourth-order valence-corrected chi connectivity index (χ4v) is 10.1. The lowest BCUT2D eigenvalue weighted by molar-refractivity contribution is -0.146. The number of esters is 1. The lowest BCUT2D eigenvalue weighted by Crippen LogP contribution is -2.33. The molecule has 0 N–H and O–H groups in total. The van der Waals surface area contributed by atoms with Gasteiger partial charge in [0.05, 0.1) is 39.1 Å². The van der Waals surface area contributed by atoms with Gasteiger partial charge in [0.1, 0.15) is 0 Å². The first-order valence-corrected chi connectivity index (χ1v) is 14.3. The molecule has 0 amide bonds. The second-order valence-electron chi connectivity index (χ2n) is 6.06. The maximum absolute atomic E-state index is 14.0. The van der Waals surface area contributed by atoms with Crippen LogP contribution < -0.4 is 0 Å². The van der Waals surface area contributed by atoms with Crippen LogP contribution in [0.5, 0.6) is 0 Å². The average molecular weight is 495 g/mol. The molecule has 9 nitrogen and oxygen atoms in total. The van der Waals surface area contributed by atoms with Gasteiger partial charge >= 0.3 is 21.2 Å². The van der Waals surface area contributed by atoms with Crippen molar-refractivity contribution in [3.8, 4) is 6.07 Å². The molecular formula is C19H31NO8P2S. The molecule has 2 unspecified atom stereocenters. The number of ether oxygens (including phenoxy) is 1. The van der Waals surface area contributed by atoms with Crippen LogP contribution in [0.25, 0.3) is 0 Å². The van der Waals surface area contributed by atoms with Gasteiger partial charge < -0.3 is 22.8 Å². The summed E-state index contributed by atoms with van der Waals surface area (Å²) in [4.78, 5) is 13.2. The summed E-state index contributed by atoms with van der Waals surface area (Å²) >= 11 is 1.22. The van der Waals surface area contributed by atoms with Gasteiger partial charge in [-0.05, 0) is 46.1 Å². The van der Waals surface area contributed by atoms with E-state index in [-0.39, 0.29) is 33.0 Å².